The van der Waals surface area contributed by atoms with Gasteiger partial charge in [-0.05, 0) is 25.5 Å². The average Bonchev–Trinajstić information content (AvgIpc) is 2.78. The quantitative estimate of drug-likeness (QED) is 0.782. The number of carbonyl (C=O) groups excluding carboxylic acids is 2. The summed E-state index contributed by atoms with van der Waals surface area (Å²) in [6.07, 6.45) is 0. The highest BCUT2D eigenvalue weighted by molar-refractivity contribution is 6.31. The van der Waals surface area contributed by atoms with E-state index >= 15 is 0 Å². The van der Waals surface area contributed by atoms with Crippen molar-refractivity contribution in [1.29, 1.82) is 0 Å². The van der Waals surface area contributed by atoms with Crippen LogP contribution in [0.3, 0.4) is 0 Å². The fourth-order valence-corrected chi connectivity index (χ4v) is 2.54. The van der Waals surface area contributed by atoms with Crippen LogP contribution in [0.5, 0.6) is 11.5 Å². The molecule has 0 N–H and O–H groups in total. The molecule has 0 bridgehead atoms. The van der Waals surface area contributed by atoms with E-state index in [9.17, 15) is 9.59 Å². The number of amides is 1. The summed E-state index contributed by atoms with van der Waals surface area (Å²) in [6, 6.07) is 3.33. The van der Waals surface area contributed by atoms with Crippen LogP contribution in [-0.4, -0.2) is 22.7 Å². The number of hydrogen-bond donors (Lipinski definition) is 0. The largest absolute Gasteiger partial charge is 0.449 e. The number of halogens is 1. The first-order valence-electron chi connectivity index (χ1n) is 6.85. The molecule has 6 nitrogen and oxygen atoms in total. The molecule has 0 aliphatic carbocycles. The molecule has 2 heterocycles. The van der Waals surface area contributed by atoms with Crippen LogP contribution in [-0.2, 0) is 21.0 Å². The van der Waals surface area contributed by atoms with Crippen molar-refractivity contribution >= 4 is 23.5 Å². The second-order valence-electron chi connectivity index (χ2n) is 6.34. The maximum absolute atomic E-state index is 12.2. The summed E-state index contributed by atoms with van der Waals surface area (Å²) in [7, 11) is 0. The van der Waals surface area contributed by atoms with Crippen LogP contribution in [0.15, 0.2) is 12.1 Å². The van der Waals surface area contributed by atoms with E-state index in [1.807, 2.05) is 0 Å². The maximum Gasteiger partial charge on any atom is 0.347 e. The van der Waals surface area contributed by atoms with Gasteiger partial charge < -0.3 is 14.3 Å². The SMILES string of the molecule is CC1(C)Oc2cc(Cl)c(CN3OC(=O)C(C)(C)C3=O)cc2O1. The third kappa shape index (κ3) is 2.27. The van der Waals surface area contributed by atoms with E-state index in [0.29, 0.717) is 22.1 Å². The zero-order chi connectivity index (χ0) is 16.3. The minimum atomic E-state index is -1.18. The van der Waals surface area contributed by atoms with Crippen LogP contribution in [0.2, 0.25) is 5.02 Å². The number of hydrogen-bond acceptors (Lipinski definition) is 5. The van der Waals surface area contributed by atoms with Crippen molar-refractivity contribution in [2.75, 3.05) is 0 Å². The molecule has 1 amide bonds. The molecular formula is C15H16ClNO5. The molecule has 22 heavy (non-hydrogen) atoms. The molecule has 0 saturated carbocycles. The van der Waals surface area contributed by atoms with Gasteiger partial charge in [-0.3, -0.25) is 4.79 Å². The van der Waals surface area contributed by atoms with Crippen LogP contribution in [0, 0.1) is 5.41 Å². The Balaban J connectivity index is 1.86. The van der Waals surface area contributed by atoms with E-state index in [1.54, 1.807) is 26.0 Å². The van der Waals surface area contributed by atoms with Gasteiger partial charge in [0.1, 0.15) is 5.41 Å². The lowest BCUT2D eigenvalue weighted by Crippen LogP contribution is -2.31. The van der Waals surface area contributed by atoms with Crippen LogP contribution in [0.4, 0.5) is 0 Å². The highest BCUT2D eigenvalue weighted by Crippen LogP contribution is 2.43. The Morgan fingerprint density at radius 2 is 1.68 bits per heavy atom. The molecule has 0 aromatic heterocycles. The van der Waals surface area contributed by atoms with Gasteiger partial charge >= 0.3 is 5.97 Å². The highest BCUT2D eigenvalue weighted by atomic mass is 35.5. The topological polar surface area (TPSA) is 65.1 Å². The summed E-state index contributed by atoms with van der Waals surface area (Å²) < 4.78 is 11.3. The second-order valence-corrected chi connectivity index (χ2v) is 6.75. The minimum absolute atomic E-state index is 0.0594. The minimum Gasteiger partial charge on any atom is -0.449 e. The van der Waals surface area contributed by atoms with Crippen LogP contribution in [0.25, 0.3) is 0 Å². The monoisotopic (exact) mass is 325 g/mol. The van der Waals surface area contributed by atoms with E-state index in [0.717, 1.165) is 5.06 Å². The van der Waals surface area contributed by atoms with Crippen molar-refractivity contribution in [2.24, 2.45) is 5.41 Å². The lowest BCUT2D eigenvalue weighted by molar-refractivity contribution is -0.180. The van der Waals surface area contributed by atoms with Crippen molar-refractivity contribution in [3.05, 3.63) is 22.7 Å². The molecule has 2 aliphatic heterocycles. The zero-order valence-corrected chi connectivity index (χ0v) is 13.5. The standard InChI is InChI=1S/C15H16ClNO5/c1-14(2)12(18)17(22-13(14)19)7-8-5-10-11(6-9(8)16)21-15(3,4)20-10/h5-6H,7H2,1-4H3. The number of nitrogens with zero attached hydrogens (tertiary/aromatic N) is 1. The molecular weight excluding hydrogens is 310 g/mol. The Morgan fingerprint density at radius 3 is 2.23 bits per heavy atom. The normalized spacial score (nSPS) is 21.2. The number of benzene rings is 1. The zero-order valence-electron chi connectivity index (χ0n) is 12.7. The molecule has 0 unspecified atom stereocenters. The Morgan fingerprint density at radius 1 is 1.09 bits per heavy atom. The lowest BCUT2D eigenvalue weighted by atomic mass is 9.94. The van der Waals surface area contributed by atoms with Crippen molar-refractivity contribution in [3.63, 3.8) is 0 Å². The second kappa shape index (κ2) is 4.52. The fourth-order valence-electron chi connectivity index (χ4n) is 2.32. The van der Waals surface area contributed by atoms with Crippen molar-refractivity contribution in [2.45, 2.75) is 40.0 Å². The number of fused-ring (bicyclic) bond motifs is 1. The van der Waals surface area contributed by atoms with Gasteiger partial charge in [-0.1, -0.05) is 11.6 Å². The summed E-state index contributed by atoms with van der Waals surface area (Å²) >= 11 is 6.22. The lowest BCUT2D eigenvalue weighted by Gasteiger charge is -2.16. The molecule has 1 aromatic rings. The molecule has 0 spiro atoms. The Labute approximate surface area is 132 Å². The van der Waals surface area contributed by atoms with Crippen LogP contribution < -0.4 is 9.47 Å². The van der Waals surface area contributed by atoms with Crippen molar-refractivity contribution in [1.82, 2.24) is 5.06 Å². The first-order chi connectivity index (χ1) is 10.1. The molecule has 1 aromatic carbocycles. The Kier molecular flexibility index (Phi) is 3.08. The molecule has 7 heteroatoms. The molecule has 3 rings (SSSR count). The molecule has 118 valence electrons. The van der Waals surface area contributed by atoms with Gasteiger partial charge in [0.15, 0.2) is 11.5 Å². The number of carbonyl (C=O) groups is 2. The van der Waals surface area contributed by atoms with E-state index in [2.05, 4.69) is 0 Å². The summed E-state index contributed by atoms with van der Waals surface area (Å²) in [6.45, 7) is 6.69. The van der Waals surface area contributed by atoms with E-state index in [-0.39, 0.29) is 6.54 Å². The summed E-state index contributed by atoms with van der Waals surface area (Å²) in [4.78, 5) is 28.9. The molecule has 2 aliphatic rings. The first kappa shape index (κ1) is 15.0. The highest BCUT2D eigenvalue weighted by Gasteiger charge is 2.49. The number of hydroxylamine groups is 2. The van der Waals surface area contributed by atoms with Gasteiger partial charge in [-0.25, -0.2) is 4.79 Å². The van der Waals surface area contributed by atoms with Gasteiger partial charge in [-0.2, -0.15) is 5.06 Å². The van der Waals surface area contributed by atoms with Gasteiger partial charge in [0, 0.05) is 24.9 Å². The number of ether oxygens (including phenoxy) is 2. The van der Waals surface area contributed by atoms with Crippen LogP contribution >= 0.6 is 11.6 Å². The molecule has 0 radical (unpaired) electrons. The van der Waals surface area contributed by atoms with E-state index in [1.165, 1.54) is 13.8 Å². The maximum atomic E-state index is 12.2. The Hall–Kier alpha value is -1.95. The van der Waals surface area contributed by atoms with Gasteiger partial charge in [0.05, 0.1) is 6.54 Å². The Bertz CT molecular complexity index is 683. The van der Waals surface area contributed by atoms with Gasteiger partial charge in [-0.15, -0.1) is 0 Å². The predicted molar refractivity (Wildman–Crippen MR) is 77.2 cm³/mol. The molecule has 0 atom stereocenters. The first-order valence-corrected chi connectivity index (χ1v) is 7.23. The van der Waals surface area contributed by atoms with Crippen LogP contribution in [0.1, 0.15) is 33.3 Å². The predicted octanol–water partition coefficient (Wildman–Crippen LogP) is 2.67. The van der Waals surface area contributed by atoms with E-state index < -0.39 is 23.1 Å². The molecule has 1 fully saturated rings. The summed E-state index contributed by atoms with van der Waals surface area (Å²) in [5, 5.41) is 1.44. The summed E-state index contributed by atoms with van der Waals surface area (Å²) in [5.74, 6) is -0.644. The third-order valence-corrected chi connectivity index (χ3v) is 3.95. The molecule has 1 saturated heterocycles. The summed E-state index contributed by atoms with van der Waals surface area (Å²) in [5.41, 5.74) is -0.564. The van der Waals surface area contributed by atoms with Gasteiger partial charge in [0.25, 0.3) is 5.91 Å². The van der Waals surface area contributed by atoms with Gasteiger partial charge in [0.2, 0.25) is 5.79 Å². The third-order valence-electron chi connectivity index (χ3n) is 3.60. The van der Waals surface area contributed by atoms with Crippen molar-refractivity contribution in [3.8, 4) is 11.5 Å². The van der Waals surface area contributed by atoms with Crippen molar-refractivity contribution < 1.29 is 23.9 Å². The fraction of sp³-hybridized carbons (Fsp3) is 0.467. The smallest absolute Gasteiger partial charge is 0.347 e. The average molecular weight is 326 g/mol. The van der Waals surface area contributed by atoms with E-state index in [4.69, 9.17) is 25.9 Å². The number of rotatable bonds is 2.